The highest BCUT2D eigenvalue weighted by molar-refractivity contribution is 7.17. The van der Waals surface area contributed by atoms with Crippen molar-refractivity contribution < 1.29 is 14.2 Å². The van der Waals surface area contributed by atoms with Crippen molar-refractivity contribution >= 4 is 21.4 Å². The number of ether oxygens (including phenoxy) is 1. The molecule has 0 saturated heterocycles. The van der Waals surface area contributed by atoms with Gasteiger partial charge in [-0.3, -0.25) is 4.98 Å². The number of halogens is 1. The minimum atomic E-state index is -0.588. The molecule has 0 radical (unpaired) electrons. The molecule has 0 aliphatic heterocycles. The summed E-state index contributed by atoms with van der Waals surface area (Å²) < 4.78 is 19.7. The SMILES string of the molecule is COc1cc(-c2csc3c(F)cccc23)nc(C(N)CO)c1. The van der Waals surface area contributed by atoms with Crippen LogP contribution in [-0.2, 0) is 0 Å². The molecule has 1 unspecified atom stereocenters. The van der Waals surface area contributed by atoms with Gasteiger partial charge in [0.2, 0.25) is 0 Å². The number of nitrogens with zero attached hydrogens (tertiary/aromatic N) is 1. The lowest BCUT2D eigenvalue weighted by Gasteiger charge is -2.12. The van der Waals surface area contributed by atoms with E-state index in [4.69, 9.17) is 10.5 Å². The molecule has 1 atom stereocenters. The minimum Gasteiger partial charge on any atom is -0.497 e. The molecule has 2 aromatic heterocycles. The molecule has 1 aromatic carbocycles. The molecule has 0 bridgehead atoms. The number of rotatable bonds is 4. The highest BCUT2D eigenvalue weighted by atomic mass is 32.1. The number of aliphatic hydroxyl groups excluding tert-OH is 1. The van der Waals surface area contributed by atoms with E-state index in [9.17, 15) is 9.50 Å². The molecule has 3 N–H and O–H groups in total. The van der Waals surface area contributed by atoms with Crippen LogP contribution < -0.4 is 10.5 Å². The Balaban J connectivity index is 2.19. The zero-order valence-electron chi connectivity index (χ0n) is 11.9. The molecule has 22 heavy (non-hydrogen) atoms. The van der Waals surface area contributed by atoms with E-state index in [1.54, 1.807) is 25.3 Å². The van der Waals surface area contributed by atoms with Crippen LogP contribution in [0.3, 0.4) is 0 Å². The van der Waals surface area contributed by atoms with Crippen molar-refractivity contribution in [3.63, 3.8) is 0 Å². The van der Waals surface area contributed by atoms with E-state index in [2.05, 4.69) is 4.98 Å². The number of hydrogen-bond acceptors (Lipinski definition) is 5. The number of pyridine rings is 1. The van der Waals surface area contributed by atoms with E-state index in [0.717, 1.165) is 10.9 Å². The molecule has 0 amide bonds. The molecule has 3 aromatic rings. The summed E-state index contributed by atoms with van der Waals surface area (Å²) in [5, 5.41) is 11.9. The number of thiophene rings is 1. The average molecular weight is 318 g/mol. The Kier molecular flexibility index (Phi) is 4.06. The van der Waals surface area contributed by atoms with Crippen molar-refractivity contribution in [1.82, 2.24) is 4.98 Å². The Morgan fingerprint density at radius 1 is 1.41 bits per heavy atom. The van der Waals surface area contributed by atoms with E-state index in [-0.39, 0.29) is 12.4 Å². The van der Waals surface area contributed by atoms with Crippen molar-refractivity contribution in [2.75, 3.05) is 13.7 Å². The molecule has 114 valence electrons. The van der Waals surface area contributed by atoms with E-state index in [1.807, 2.05) is 11.4 Å². The maximum absolute atomic E-state index is 13.8. The third-order valence-electron chi connectivity index (χ3n) is 3.46. The first-order chi connectivity index (χ1) is 10.6. The molecule has 0 fully saturated rings. The average Bonchev–Trinajstić information content (AvgIpc) is 2.99. The lowest BCUT2D eigenvalue weighted by molar-refractivity contribution is 0.265. The van der Waals surface area contributed by atoms with Crippen LogP contribution in [0.4, 0.5) is 4.39 Å². The third-order valence-corrected chi connectivity index (χ3v) is 4.46. The van der Waals surface area contributed by atoms with Crippen LogP contribution >= 0.6 is 11.3 Å². The van der Waals surface area contributed by atoms with Crippen molar-refractivity contribution in [1.29, 1.82) is 0 Å². The molecule has 3 rings (SSSR count). The summed E-state index contributed by atoms with van der Waals surface area (Å²) in [4.78, 5) is 4.49. The maximum Gasteiger partial charge on any atom is 0.141 e. The highest BCUT2D eigenvalue weighted by Crippen LogP contribution is 2.36. The van der Waals surface area contributed by atoms with Crippen LogP contribution in [0.25, 0.3) is 21.3 Å². The van der Waals surface area contributed by atoms with Gasteiger partial charge in [-0.05, 0) is 6.07 Å². The van der Waals surface area contributed by atoms with Gasteiger partial charge in [0.15, 0.2) is 0 Å². The summed E-state index contributed by atoms with van der Waals surface area (Å²) in [6.45, 7) is -0.210. The summed E-state index contributed by atoms with van der Waals surface area (Å²) in [5.41, 5.74) is 7.86. The molecule has 2 heterocycles. The van der Waals surface area contributed by atoms with Gasteiger partial charge in [-0.1, -0.05) is 12.1 Å². The van der Waals surface area contributed by atoms with E-state index in [1.165, 1.54) is 17.4 Å². The minimum absolute atomic E-state index is 0.210. The molecule has 0 aliphatic rings. The Morgan fingerprint density at radius 3 is 2.95 bits per heavy atom. The van der Waals surface area contributed by atoms with Gasteiger partial charge in [0.25, 0.3) is 0 Å². The molecule has 4 nitrogen and oxygen atoms in total. The van der Waals surface area contributed by atoms with Gasteiger partial charge in [0.1, 0.15) is 11.6 Å². The Hall–Kier alpha value is -2.02. The smallest absolute Gasteiger partial charge is 0.141 e. The van der Waals surface area contributed by atoms with Crippen LogP contribution in [0.2, 0.25) is 0 Å². The second kappa shape index (κ2) is 6.00. The van der Waals surface area contributed by atoms with E-state index < -0.39 is 6.04 Å². The topological polar surface area (TPSA) is 68.4 Å². The zero-order valence-corrected chi connectivity index (χ0v) is 12.7. The Morgan fingerprint density at radius 2 is 2.23 bits per heavy atom. The fourth-order valence-electron chi connectivity index (χ4n) is 2.29. The standard InChI is InChI=1S/C16H15FN2O2S/c1-21-9-5-14(19-15(6-9)13(18)7-20)11-8-22-16-10(11)3-2-4-12(16)17/h2-6,8,13,20H,7,18H2,1H3. The van der Waals surface area contributed by atoms with E-state index in [0.29, 0.717) is 21.8 Å². The first-order valence-corrected chi connectivity index (χ1v) is 7.60. The monoisotopic (exact) mass is 318 g/mol. The van der Waals surface area contributed by atoms with Crippen molar-refractivity contribution in [3.05, 3.63) is 47.2 Å². The van der Waals surface area contributed by atoms with Gasteiger partial charge >= 0.3 is 0 Å². The molecule has 0 aliphatic carbocycles. The quantitative estimate of drug-likeness (QED) is 0.775. The number of aliphatic hydroxyl groups is 1. The van der Waals surface area contributed by atoms with Crippen molar-refractivity contribution in [2.24, 2.45) is 5.73 Å². The molecular formula is C16H15FN2O2S. The highest BCUT2D eigenvalue weighted by Gasteiger charge is 2.15. The number of nitrogens with two attached hydrogens (primary N) is 1. The van der Waals surface area contributed by atoms with Gasteiger partial charge in [0, 0.05) is 28.5 Å². The Bertz CT molecular complexity index is 819. The van der Waals surface area contributed by atoms with Crippen molar-refractivity contribution in [3.8, 4) is 17.0 Å². The first-order valence-electron chi connectivity index (χ1n) is 6.72. The number of benzene rings is 1. The van der Waals surface area contributed by atoms with Crippen LogP contribution in [-0.4, -0.2) is 23.8 Å². The summed E-state index contributed by atoms with van der Waals surface area (Å²) in [6.07, 6.45) is 0. The normalized spacial score (nSPS) is 12.5. The summed E-state index contributed by atoms with van der Waals surface area (Å²) >= 11 is 1.33. The fourth-order valence-corrected chi connectivity index (χ4v) is 3.25. The van der Waals surface area contributed by atoms with Crippen LogP contribution in [0.15, 0.2) is 35.7 Å². The number of hydrogen-bond donors (Lipinski definition) is 2. The summed E-state index contributed by atoms with van der Waals surface area (Å²) in [6, 6.07) is 7.86. The second-order valence-electron chi connectivity index (χ2n) is 4.87. The van der Waals surface area contributed by atoms with Gasteiger partial charge in [-0.25, -0.2) is 4.39 Å². The predicted octanol–water partition coefficient (Wildman–Crippen LogP) is 3.10. The number of fused-ring (bicyclic) bond motifs is 1. The van der Waals surface area contributed by atoms with Gasteiger partial charge < -0.3 is 15.6 Å². The number of aromatic nitrogens is 1. The summed E-state index contributed by atoms with van der Waals surface area (Å²) in [5.74, 6) is 0.351. The molecular weight excluding hydrogens is 303 g/mol. The molecule has 0 saturated carbocycles. The largest absolute Gasteiger partial charge is 0.497 e. The second-order valence-corrected chi connectivity index (χ2v) is 5.75. The predicted molar refractivity (Wildman–Crippen MR) is 85.6 cm³/mol. The summed E-state index contributed by atoms with van der Waals surface area (Å²) in [7, 11) is 1.55. The lowest BCUT2D eigenvalue weighted by atomic mass is 10.1. The van der Waals surface area contributed by atoms with Crippen LogP contribution in [0.5, 0.6) is 5.75 Å². The van der Waals surface area contributed by atoms with Crippen molar-refractivity contribution in [2.45, 2.75) is 6.04 Å². The first kappa shape index (κ1) is 14.9. The van der Waals surface area contributed by atoms with Crippen LogP contribution in [0.1, 0.15) is 11.7 Å². The van der Waals surface area contributed by atoms with Gasteiger partial charge in [-0.15, -0.1) is 11.3 Å². The fraction of sp³-hybridized carbons (Fsp3) is 0.188. The molecule has 0 spiro atoms. The Labute approximate surface area is 131 Å². The maximum atomic E-state index is 13.8. The lowest BCUT2D eigenvalue weighted by Crippen LogP contribution is -2.16. The zero-order chi connectivity index (χ0) is 15.7. The third kappa shape index (κ3) is 2.56. The number of methoxy groups -OCH3 is 1. The van der Waals surface area contributed by atoms with Crippen LogP contribution in [0, 0.1) is 5.82 Å². The van der Waals surface area contributed by atoms with Gasteiger partial charge in [-0.2, -0.15) is 0 Å². The van der Waals surface area contributed by atoms with E-state index >= 15 is 0 Å². The van der Waals surface area contributed by atoms with Gasteiger partial charge in [0.05, 0.1) is 35.8 Å². The molecule has 6 heteroatoms.